The summed E-state index contributed by atoms with van der Waals surface area (Å²) < 4.78 is 0. The van der Waals surface area contributed by atoms with Gasteiger partial charge in [0.2, 0.25) is 0 Å². The molecule has 4 nitrogen and oxygen atoms in total. The molecule has 4 heteroatoms. The Hall–Kier alpha value is -0.610. The van der Waals surface area contributed by atoms with Crippen LogP contribution in [-0.2, 0) is 4.79 Å². The molecule has 0 radical (unpaired) electrons. The minimum Gasteiger partial charge on any atom is -0.480 e. The van der Waals surface area contributed by atoms with Crippen molar-refractivity contribution in [1.82, 2.24) is 4.90 Å². The first-order chi connectivity index (χ1) is 8.58. The zero-order valence-corrected chi connectivity index (χ0v) is 11.7. The SMILES string of the molecule is CCCCCCCCCN1CCC(N)(C(=O)O)C1. The van der Waals surface area contributed by atoms with Crippen molar-refractivity contribution in [3.05, 3.63) is 0 Å². The van der Waals surface area contributed by atoms with Gasteiger partial charge in [-0.25, -0.2) is 0 Å². The molecule has 1 aliphatic rings. The van der Waals surface area contributed by atoms with Crippen molar-refractivity contribution in [3.8, 4) is 0 Å². The van der Waals surface area contributed by atoms with E-state index in [0.717, 1.165) is 13.1 Å². The fraction of sp³-hybridized carbons (Fsp3) is 0.929. The lowest BCUT2D eigenvalue weighted by Gasteiger charge is -2.19. The molecule has 1 rings (SSSR count). The van der Waals surface area contributed by atoms with Crippen LogP contribution in [0.4, 0.5) is 0 Å². The van der Waals surface area contributed by atoms with Crippen LogP contribution in [0, 0.1) is 0 Å². The lowest BCUT2D eigenvalue weighted by molar-refractivity contribution is -0.142. The normalized spacial score (nSPS) is 24.6. The number of likely N-dealkylation sites (tertiary alicyclic amines) is 1. The number of unbranched alkanes of at least 4 members (excludes halogenated alkanes) is 6. The summed E-state index contributed by atoms with van der Waals surface area (Å²) in [5.41, 5.74) is 4.84. The highest BCUT2D eigenvalue weighted by Crippen LogP contribution is 2.19. The summed E-state index contributed by atoms with van der Waals surface area (Å²) in [6.07, 6.45) is 9.64. The minimum atomic E-state index is -0.999. The van der Waals surface area contributed by atoms with Crippen LogP contribution in [0.3, 0.4) is 0 Å². The van der Waals surface area contributed by atoms with Crippen LogP contribution in [0.2, 0.25) is 0 Å². The van der Waals surface area contributed by atoms with E-state index in [1.165, 1.54) is 44.9 Å². The standard InChI is InChI=1S/C14H28N2O2/c1-2-3-4-5-6-7-8-10-16-11-9-14(15,12-16)13(17)18/h2-12,15H2,1H3,(H,17,18). The molecule has 1 aliphatic heterocycles. The highest BCUT2D eigenvalue weighted by molar-refractivity contribution is 5.79. The molecule has 0 aliphatic carbocycles. The van der Waals surface area contributed by atoms with Gasteiger partial charge in [0.1, 0.15) is 5.54 Å². The first-order valence-electron chi connectivity index (χ1n) is 7.33. The second-order valence-corrected chi connectivity index (χ2v) is 5.61. The summed E-state index contributed by atoms with van der Waals surface area (Å²) >= 11 is 0. The van der Waals surface area contributed by atoms with Crippen molar-refractivity contribution in [2.24, 2.45) is 5.73 Å². The predicted molar refractivity (Wildman–Crippen MR) is 73.6 cm³/mol. The van der Waals surface area contributed by atoms with Crippen molar-refractivity contribution >= 4 is 5.97 Å². The highest BCUT2D eigenvalue weighted by atomic mass is 16.4. The highest BCUT2D eigenvalue weighted by Gasteiger charge is 2.40. The summed E-state index contributed by atoms with van der Waals surface area (Å²) in [6.45, 7) is 4.58. The van der Waals surface area contributed by atoms with Crippen molar-refractivity contribution in [3.63, 3.8) is 0 Å². The van der Waals surface area contributed by atoms with Gasteiger partial charge in [0.25, 0.3) is 0 Å². The second-order valence-electron chi connectivity index (χ2n) is 5.61. The van der Waals surface area contributed by atoms with Gasteiger partial charge in [0.05, 0.1) is 0 Å². The van der Waals surface area contributed by atoms with E-state index in [0.29, 0.717) is 13.0 Å². The minimum absolute atomic E-state index is 0.512. The number of aliphatic carboxylic acids is 1. The van der Waals surface area contributed by atoms with E-state index in [9.17, 15) is 4.79 Å². The van der Waals surface area contributed by atoms with Gasteiger partial charge < -0.3 is 15.7 Å². The molecule has 0 saturated carbocycles. The summed E-state index contributed by atoms with van der Waals surface area (Å²) in [4.78, 5) is 13.2. The summed E-state index contributed by atoms with van der Waals surface area (Å²) in [5.74, 6) is -0.857. The number of hydrogen-bond acceptors (Lipinski definition) is 3. The van der Waals surface area contributed by atoms with Crippen LogP contribution in [-0.4, -0.2) is 41.1 Å². The molecule has 1 atom stereocenters. The predicted octanol–water partition coefficient (Wildman–Crippen LogP) is 2.22. The average Bonchev–Trinajstić information content (AvgIpc) is 2.72. The number of carboxylic acid groups (broad SMARTS) is 1. The molecule has 0 amide bonds. The maximum absolute atomic E-state index is 11.0. The second kappa shape index (κ2) is 7.74. The fourth-order valence-corrected chi connectivity index (χ4v) is 2.57. The topological polar surface area (TPSA) is 66.6 Å². The van der Waals surface area contributed by atoms with E-state index in [-0.39, 0.29) is 0 Å². The Morgan fingerprint density at radius 3 is 2.39 bits per heavy atom. The Balaban J connectivity index is 2.03. The Morgan fingerprint density at radius 2 is 1.83 bits per heavy atom. The van der Waals surface area contributed by atoms with Crippen molar-refractivity contribution in [2.45, 2.75) is 63.8 Å². The van der Waals surface area contributed by atoms with Gasteiger partial charge >= 0.3 is 5.97 Å². The lowest BCUT2D eigenvalue weighted by Crippen LogP contribution is -2.50. The Labute approximate surface area is 111 Å². The monoisotopic (exact) mass is 256 g/mol. The van der Waals surface area contributed by atoms with Crippen molar-refractivity contribution in [2.75, 3.05) is 19.6 Å². The molecule has 0 spiro atoms. The third-order valence-electron chi connectivity index (χ3n) is 3.88. The van der Waals surface area contributed by atoms with Gasteiger partial charge in [-0.05, 0) is 19.4 Å². The molecule has 1 unspecified atom stereocenters. The largest absolute Gasteiger partial charge is 0.480 e. The molecule has 0 bridgehead atoms. The number of carboxylic acids is 1. The maximum Gasteiger partial charge on any atom is 0.325 e. The number of carbonyl (C=O) groups is 1. The Kier molecular flexibility index (Phi) is 6.65. The summed E-state index contributed by atoms with van der Waals surface area (Å²) in [5, 5.41) is 9.03. The zero-order chi connectivity index (χ0) is 13.4. The fourth-order valence-electron chi connectivity index (χ4n) is 2.57. The van der Waals surface area contributed by atoms with Crippen LogP contribution in [0.15, 0.2) is 0 Å². The first kappa shape index (κ1) is 15.4. The van der Waals surface area contributed by atoms with Gasteiger partial charge in [-0.3, -0.25) is 4.79 Å². The van der Waals surface area contributed by atoms with Gasteiger partial charge in [0.15, 0.2) is 0 Å². The van der Waals surface area contributed by atoms with Gasteiger partial charge in [0, 0.05) is 13.1 Å². The maximum atomic E-state index is 11.0. The molecule has 106 valence electrons. The van der Waals surface area contributed by atoms with E-state index in [4.69, 9.17) is 10.8 Å². The molecule has 18 heavy (non-hydrogen) atoms. The summed E-state index contributed by atoms with van der Waals surface area (Å²) in [6, 6.07) is 0. The van der Waals surface area contributed by atoms with Crippen molar-refractivity contribution < 1.29 is 9.90 Å². The first-order valence-corrected chi connectivity index (χ1v) is 7.33. The molecule has 1 fully saturated rings. The van der Waals surface area contributed by atoms with Crippen LogP contribution in [0.25, 0.3) is 0 Å². The Morgan fingerprint density at radius 1 is 1.22 bits per heavy atom. The summed E-state index contributed by atoms with van der Waals surface area (Å²) in [7, 11) is 0. The quantitative estimate of drug-likeness (QED) is 0.621. The molecular weight excluding hydrogens is 228 g/mol. The van der Waals surface area contributed by atoms with E-state index >= 15 is 0 Å². The average molecular weight is 256 g/mol. The van der Waals surface area contributed by atoms with Gasteiger partial charge in [-0.15, -0.1) is 0 Å². The lowest BCUT2D eigenvalue weighted by atomic mass is 10.0. The molecule has 1 heterocycles. The van der Waals surface area contributed by atoms with E-state index < -0.39 is 11.5 Å². The van der Waals surface area contributed by atoms with Crippen molar-refractivity contribution in [1.29, 1.82) is 0 Å². The van der Waals surface area contributed by atoms with Crippen LogP contribution < -0.4 is 5.73 Å². The Bertz CT molecular complexity index is 258. The number of hydrogen-bond donors (Lipinski definition) is 2. The molecule has 3 N–H and O–H groups in total. The zero-order valence-electron chi connectivity index (χ0n) is 11.7. The molecular formula is C14H28N2O2. The van der Waals surface area contributed by atoms with Gasteiger partial charge in [-0.1, -0.05) is 45.4 Å². The molecule has 1 saturated heterocycles. The van der Waals surface area contributed by atoms with E-state index in [2.05, 4.69) is 11.8 Å². The smallest absolute Gasteiger partial charge is 0.325 e. The molecule has 0 aromatic heterocycles. The van der Waals surface area contributed by atoms with Gasteiger partial charge in [-0.2, -0.15) is 0 Å². The molecule has 0 aromatic carbocycles. The van der Waals surface area contributed by atoms with E-state index in [1.807, 2.05) is 0 Å². The number of nitrogens with two attached hydrogens (primary N) is 1. The third-order valence-corrected chi connectivity index (χ3v) is 3.88. The van der Waals surface area contributed by atoms with Crippen LogP contribution in [0.1, 0.15) is 58.3 Å². The number of rotatable bonds is 9. The van der Waals surface area contributed by atoms with Crippen LogP contribution in [0.5, 0.6) is 0 Å². The third kappa shape index (κ3) is 4.94. The van der Waals surface area contributed by atoms with Crippen LogP contribution >= 0.6 is 0 Å². The molecule has 0 aromatic rings. The van der Waals surface area contributed by atoms with E-state index in [1.54, 1.807) is 0 Å². The number of nitrogens with zero attached hydrogens (tertiary/aromatic N) is 1.